The largest absolute Gasteiger partial charge is 0.348 e. The van der Waals surface area contributed by atoms with Gasteiger partial charge in [0.25, 0.3) is 11.8 Å². The highest BCUT2D eigenvalue weighted by atomic mass is 16.2. The van der Waals surface area contributed by atoms with E-state index in [1.165, 1.54) is 5.56 Å². The molecule has 0 aliphatic carbocycles. The Morgan fingerprint density at radius 3 is 1.90 bits per heavy atom. The van der Waals surface area contributed by atoms with Crippen LogP contribution in [0.4, 0.5) is 5.69 Å². The third-order valence-corrected chi connectivity index (χ3v) is 6.88. The van der Waals surface area contributed by atoms with E-state index in [1.807, 2.05) is 79.7 Å². The number of benzene rings is 5. The van der Waals surface area contributed by atoms with E-state index in [1.54, 1.807) is 12.1 Å². The zero-order valence-electron chi connectivity index (χ0n) is 22.1. The number of amides is 2. The van der Waals surface area contributed by atoms with Crippen LogP contribution >= 0.6 is 0 Å². The van der Waals surface area contributed by atoms with Gasteiger partial charge in [0.05, 0.1) is 0 Å². The van der Waals surface area contributed by atoms with Gasteiger partial charge in [-0.1, -0.05) is 109 Å². The summed E-state index contributed by atoms with van der Waals surface area (Å²) in [4.78, 5) is 26.4. The van der Waals surface area contributed by atoms with E-state index in [4.69, 9.17) is 0 Å². The van der Waals surface area contributed by atoms with E-state index in [9.17, 15) is 9.59 Å². The molecule has 0 unspecified atom stereocenters. The molecule has 5 rings (SSSR count). The third kappa shape index (κ3) is 5.97. The first-order valence-electron chi connectivity index (χ1n) is 13.0. The molecule has 0 spiro atoms. The van der Waals surface area contributed by atoms with E-state index in [0.29, 0.717) is 23.4 Å². The standard InChI is InChI=1S/C35H30N2O2/c1-24-15-19-27(20-16-24)28-21-17-26(18-22-28)23-36-34(38)30-13-8-14-33(25(30)2)37-35(39)32-12-7-6-11-31(32)29-9-4-3-5-10-29/h3-22H,23H2,1-2H3,(H,36,38)(H,37,39). The molecule has 0 heterocycles. The third-order valence-electron chi connectivity index (χ3n) is 6.88. The average molecular weight is 511 g/mol. The molecule has 0 aliphatic heterocycles. The maximum absolute atomic E-state index is 13.3. The highest BCUT2D eigenvalue weighted by molar-refractivity contribution is 6.09. The number of nitrogens with one attached hydrogen (secondary N) is 2. The Balaban J connectivity index is 1.27. The van der Waals surface area contributed by atoms with Crippen LogP contribution in [0, 0.1) is 13.8 Å². The molecule has 0 saturated carbocycles. The Kier molecular flexibility index (Phi) is 7.65. The Morgan fingerprint density at radius 2 is 1.18 bits per heavy atom. The summed E-state index contributed by atoms with van der Waals surface area (Å²) in [6, 6.07) is 39.4. The maximum Gasteiger partial charge on any atom is 0.256 e. The van der Waals surface area contributed by atoms with E-state index in [-0.39, 0.29) is 11.8 Å². The van der Waals surface area contributed by atoms with Crippen LogP contribution in [0.25, 0.3) is 22.3 Å². The molecule has 5 aromatic rings. The van der Waals surface area contributed by atoms with Crippen molar-refractivity contribution in [2.24, 2.45) is 0 Å². The van der Waals surface area contributed by atoms with E-state index >= 15 is 0 Å². The number of rotatable bonds is 7. The van der Waals surface area contributed by atoms with Gasteiger partial charge in [0.15, 0.2) is 0 Å². The minimum atomic E-state index is -0.219. The summed E-state index contributed by atoms with van der Waals surface area (Å²) in [6.07, 6.45) is 0. The maximum atomic E-state index is 13.3. The van der Waals surface area contributed by atoms with Crippen molar-refractivity contribution in [2.45, 2.75) is 20.4 Å². The zero-order chi connectivity index (χ0) is 27.2. The quantitative estimate of drug-likeness (QED) is 0.234. The molecule has 0 aliphatic rings. The van der Waals surface area contributed by atoms with Gasteiger partial charge in [0, 0.05) is 23.4 Å². The summed E-state index contributed by atoms with van der Waals surface area (Å²) < 4.78 is 0. The number of carbonyl (C=O) groups is 2. The molecule has 0 bridgehead atoms. The van der Waals surface area contributed by atoms with E-state index in [2.05, 4.69) is 54.0 Å². The molecule has 4 heteroatoms. The normalized spacial score (nSPS) is 10.6. The molecule has 39 heavy (non-hydrogen) atoms. The van der Waals surface area contributed by atoms with Gasteiger partial charge >= 0.3 is 0 Å². The van der Waals surface area contributed by atoms with Crippen molar-refractivity contribution < 1.29 is 9.59 Å². The molecule has 4 nitrogen and oxygen atoms in total. The van der Waals surface area contributed by atoms with Gasteiger partial charge in [0.1, 0.15) is 0 Å². The molecule has 2 amide bonds. The van der Waals surface area contributed by atoms with Crippen LogP contribution in [-0.2, 0) is 6.54 Å². The first-order chi connectivity index (χ1) is 19.0. The Labute approximate surface area is 229 Å². The average Bonchev–Trinajstić information content (AvgIpc) is 2.98. The van der Waals surface area contributed by atoms with Gasteiger partial charge < -0.3 is 10.6 Å². The van der Waals surface area contributed by atoms with Gasteiger partial charge in [-0.25, -0.2) is 0 Å². The summed E-state index contributed by atoms with van der Waals surface area (Å²) in [5.41, 5.74) is 8.80. The van der Waals surface area contributed by atoms with Gasteiger partial charge in [-0.3, -0.25) is 9.59 Å². The fourth-order valence-electron chi connectivity index (χ4n) is 4.60. The molecule has 0 aromatic heterocycles. The van der Waals surface area contributed by atoms with Crippen molar-refractivity contribution >= 4 is 17.5 Å². The smallest absolute Gasteiger partial charge is 0.256 e. The van der Waals surface area contributed by atoms with Crippen LogP contribution in [0.5, 0.6) is 0 Å². The van der Waals surface area contributed by atoms with Crippen LogP contribution in [0.1, 0.15) is 37.4 Å². The fraction of sp³-hybridized carbons (Fsp3) is 0.0857. The van der Waals surface area contributed by atoms with Crippen LogP contribution in [0.15, 0.2) is 121 Å². The predicted molar refractivity (Wildman–Crippen MR) is 159 cm³/mol. The number of aryl methyl sites for hydroxylation is 1. The Hall–Kier alpha value is -4.96. The van der Waals surface area contributed by atoms with Gasteiger partial charge in [-0.2, -0.15) is 0 Å². The van der Waals surface area contributed by atoms with Crippen molar-refractivity contribution in [3.63, 3.8) is 0 Å². The monoisotopic (exact) mass is 510 g/mol. The summed E-state index contributed by atoms with van der Waals surface area (Å²) in [5.74, 6) is -0.403. The summed E-state index contributed by atoms with van der Waals surface area (Å²) in [7, 11) is 0. The Bertz CT molecular complexity index is 1610. The highest BCUT2D eigenvalue weighted by Crippen LogP contribution is 2.26. The molecule has 0 saturated heterocycles. The van der Waals surface area contributed by atoms with Gasteiger partial charge in [0.2, 0.25) is 0 Å². The van der Waals surface area contributed by atoms with Gasteiger partial charge in [-0.15, -0.1) is 0 Å². The highest BCUT2D eigenvalue weighted by Gasteiger charge is 2.16. The van der Waals surface area contributed by atoms with Crippen molar-refractivity contribution in [3.8, 4) is 22.3 Å². The molecular weight excluding hydrogens is 480 g/mol. The topological polar surface area (TPSA) is 58.2 Å². The Morgan fingerprint density at radius 1 is 0.564 bits per heavy atom. The molecule has 2 N–H and O–H groups in total. The molecule has 5 aromatic carbocycles. The minimum Gasteiger partial charge on any atom is -0.348 e. The first kappa shape index (κ1) is 25.7. The number of hydrogen-bond donors (Lipinski definition) is 2. The summed E-state index contributed by atoms with van der Waals surface area (Å²) in [5, 5.41) is 6.03. The first-order valence-corrected chi connectivity index (χ1v) is 13.0. The lowest BCUT2D eigenvalue weighted by Gasteiger charge is -2.14. The van der Waals surface area contributed by atoms with Crippen molar-refractivity contribution in [1.29, 1.82) is 0 Å². The van der Waals surface area contributed by atoms with Crippen LogP contribution < -0.4 is 10.6 Å². The SMILES string of the molecule is Cc1ccc(-c2ccc(CNC(=O)c3cccc(NC(=O)c4ccccc4-c4ccccc4)c3C)cc2)cc1. The lowest BCUT2D eigenvalue weighted by molar-refractivity contribution is 0.0949. The second-order valence-electron chi connectivity index (χ2n) is 9.59. The molecule has 0 atom stereocenters. The number of anilines is 1. The van der Waals surface area contributed by atoms with Gasteiger partial charge in [-0.05, 0) is 65.4 Å². The fourth-order valence-corrected chi connectivity index (χ4v) is 4.60. The molecule has 0 radical (unpaired) electrons. The van der Waals surface area contributed by atoms with Crippen molar-refractivity contribution in [3.05, 3.63) is 149 Å². The molecular formula is C35H30N2O2. The van der Waals surface area contributed by atoms with E-state index < -0.39 is 0 Å². The van der Waals surface area contributed by atoms with Crippen LogP contribution in [0.3, 0.4) is 0 Å². The summed E-state index contributed by atoms with van der Waals surface area (Å²) in [6.45, 7) is 4.34. The minimum absolute atomic E-state index is 0.184. The number of carbonyl (C=O) groups excluding carboxylic acids is 2. The zero-order valence-corrected chi connectivity index (χ0v) is 22.1. The van der Waals surface area contributed by atoms with Crippen molar-refractivity contribution in [2.75, 3.05) is 5.32 Å². The van der Waals surface area contributed by atoms with E-state index in [0.717, 1.165) is 33.4 Å². The lowest BCUT2D eigenvalue weighted by atomic mass is 9.99. The molecule has 192 valence electrons. The summed E-state index contributed by atoms with van der Waals surface area (Å²) >= 11 is 0. The second-order valence-corrected chi connectivity index (χ2v) is 9.59. The second kappa shape index (κ2) is 11.6. The van der Waals surface area contributed by atoms with Crippen LogP contribution in [-0.4, -0.2) is 11.8 Å². The number of hydrogen-bond acceptors (Lipinski definition) is 2. The van der Waals surface area contributed by atoms with Crippen molar-refractivity contribution in [1.82, 2.24) is 5.32 Å². The predicted octanol–water partition coefficient (Wildman–Crippen LogP) is 7.82. The van der Waals surface area contributed by atoms with Crippen LogP contribution in [0.2, 0.25) is 0 Å². The lowest BCUT2D eigenvalue weighted by Crippen LogP contribution is -2.24. The molecule has 0 fully saturated rings.